The SMILES string of the molecule is Clc1ccc2occc2c1CC1CCCNC1. The summed E-state index contributed by atoms with van der Waals surface area (Å²) in [6, 6.07) is 5.91. The van der Waals surface area contributed by atoms with E-state index < -0.39 is 0 Å². The molecule has 1 aliphatic heterocycles. The summed E-state index contributed by atoms with van der Waals surface area (Å²) in [7, 11) is 0. The van der Waals surface area contributed by atoms with Gasteiger partial charge in [0.1, 0.15) is 5.58 Å². The topological polar surface area (TPSA) is 25.2 Å². The zero-order chi connectivity index (χ0) is 11.7. The number of benzene rings is 1. The van der Waals surface area contributed by atoms with Gasteiger partial charge in [0.25, 0.3) is 0 Å². The number of fused-ring (bicyclic) bond motifs is 1. The van der Waals surface area contributed by atoms with E-state index in [9.17, 15) is 0 Å². The van der Waals surface area contributed by atoms with Crippen molar-refractivity contribution in [2.24, 2.45) is 5.92 Å². The lowest BCUT2D eigenvalue weighted by Crippen LogP contribution is -2.30. The minimum absolute atomic E-state index is 0.696. The lowest BCUT2D eigenvalue weighted by Gasteiger charge is -2.23. The van der Waals surface area contributed by atoms with E-state index in [0.717, 1.165) is 30.1 Å². The van der Waals surface area contributed by atoms with Gasteiger partial charge in [-0.2, -0.15) is 0 Å². The summed E-state index contributed by atoms with van der Waals surface area (Å²) < 4.78 is 5.43. The molecule has 2 heterocycles. The molecule has 90 valence electrons. The number of piperidine rings is 1. The summed E-state index contributed by atoms with van der Waals surface area (Å²) >= 11 is 6.32. The molecule has 0 saturated carbocycles. The van der Waals surface area contributed by atoms with Gasteiger partial charge in [0, 0.05) is 10.4 Å². The minimum Gasteiger partial charge on any atom is -0.464 e. The summed E-state index contributed by atoms with van der Waals surface area (Å²) in [6.07, 6.45) is 5.34. The highest BCUT2D eigenvalue weighted by molar-refractivity contribution is 6.32. The molecule has 1 aromatic carbocycles. The van der Waals surface area contributed by atoms with Crippen molar-refractivity contribution >= 4 is 22.6 Å². The predicted molar refractivity (Wildman–Crippen MR) is 70.5 cm³/mol. The monoisotopic (exact) mass is 249 g/mol. The standard InChI is InChI=1S/C14H16ClNO/c15-13-3-4-14-11(5-7-17-14)12(13)8-10-2-1-6-16-9-10/h3-5,7,10,16H,1-2,6,8-9H2. The first-order chi connectivity index (χ1) is 8.34. The Bertz CT molecular complexity index is 514. The number of hydrogen-bond acceptors (Lipinski definition) is 2. The van der Waals surface area contributed by atoms with Crippen molar-refractivity contribution in [1.82, 2.24) is 5.32 Å². The van der Waals surface area contributed by atoms with Crippen LogP contribution < -0.4 is 5.32 Å². The van der Waals surface area contributed by atoms with Crippen LogP contribution in [0.3, 0.4) is 0 Å². The fraction of sp³-hybridized carbons (Fsp3) is 0.429. The van der Waals surface area contributed by atoms with Crippen LogP contribution in [0.5, 0.6) is 0 Å². The molecule has 0 radical (unpaired) electrons. The maximum absolute atomic E-state index is 6.32. The van der Waals surface area contributed by atoms with Gasteiger partial charge in [-0.1, -0.05) is 11.6 Å². The first-order valence-corrected chi connectivity index (χ1v) is 6.57. The second-order valence-corrected chi connectivity index (χ2v) is 5.18. The molecule has 17 heavy (non-hydrogen) atoms. The molecule has 1 unspecified atom stereocenters. The number of furan rings is 1. The van der Waals surface area contributed by atoms with Crippen LogP contribution in [0.1, 0.15) is 18.4 Å². The van der Waals surface area contributed by atoms with E-state index in [4.69, 9.17) is 16.0 Å². The van der Waals surface area contributed by atoms with Crippen LogP contribution in [0.4, 0.5) is 0 Å². The second-order valence-electron chi connectivity index (χ2n) is 4.77. The van der Waals surface area contributed by atoms with Crippen LogP contribution in [-0.2, 0) is 6.42 Å². The molecular weight excluding hydrogens is 234 g/mol. The Morgan fingerprint density at radius 2 is 2.29 bits per heavy atom. The molecule has 1 aromatic heterocycles. The molecule has 1 saturated heterocycles. The maximum Gasteiger partial charge on any atom is 0.134 e. The van der Waals surface area contributed by atoms with Gasteiger partial charge in [-0.25, -0.2) is 0 Å². The van der Waals surface area contributed by atoms with Crippen molar-refractivity contribution in [3.05, 3.63) is 35.0 Å². The molecule has 2 nitrogen and oxygen atoms in total. The normalized spacial score (nSPS) is 20.9. The fourth-order valence-corrected chi connectivity index (χ4v) is 2.91. The quantitative estimate of drug-likeness (QED) is 0.879. The van der Waals surface area contributed by atoms with Crippen molar-refractivity contribution in [3.63, 3.8) is 0 Å². The third-order valence-electron chi connectivity index (χ3n) is 3.58. The average molecular weight is 250 g/mol. The zero-order valence-corrected chi connectivity index (χ0v) is 10.5. The number of halogens is 1. The largest absolute Gasteiger partial charge is 0.464 e. The fourth-order valence-electron chi connectivity index (χ4n) is 2.67. The number of nitrogens with one attached hydrogen (secondary N) is 1. The minimum atomic E-state index is 0.696. The van der Waals surface area contributed by atoms with Crippen molar-refractivity contribution < 1.29 is 4.42 Å². The molecule has 1 fully saturated rings. The van der Waals surface area contributed by atoms with Gasteiger partial charge in [-0.3, -0.25) is 0 Å². The van der Waals surface area contributed by atoms with Crippen LogP contribution in [0.25, 0.3) is 11.0 Å². The number of rotatable bonds is 2. The van der Waals surface area contributed by atoms with Crippen molar-refractivity contribution in [2.45, 2.75) is 19.3 Å². The molecule has 1 N–H and O–H groups in total. The van der Waals surface area contributed by atoms with Crippen molar-refractivity contribution in [1.29, 1.82) is 0 Å². The third-order valence-corrected chi connectivity index (χ3v) is 3.94. The molecule has 1 aliphatic rings. The zero-order valence-electron chi connectivity index (χ0n) is 9.71. The van der Waals surface area contributed by atoms with Gasteiger partial charge < -0.3 is 9.73 Å². The van der Waals surface area contributed by atoms with Gasteiger partial charge in [-0.15, -0.1) is 0 Å². The van der Waals surface area contributed by atoms with Gasteiger partial charge in [0.15, 0.2) is 0 Å². The molecule has 0 amide bonds. The van der Waals surface area contributed by atoms with Gasteiger partial charge in [-0.05, 0) is 62.0 Å². The van der Waals surface area contributed by atoms with Gasteiger partial charge in [0.2, 0.25) is 0 Å². The van der Waals surface area contributed by atoms with Gasteiger partial charge >= 0.3 is 0 Å². The highest BCUT2D eigenvalue weighted by atomic mass is 35.5. The number of hydrogen-bond donors (Lipinski definition) is 1. The average Bonchev–Trinajstić information content (AvgIpc) is 2.83. The summed E-state index contributed by atoms with van der Waals surface area (Å²) in [5.41, 5.74) is 2.18. The maximum atomic E-state index is 6.32. The molecule has 1 atom stereocenters. The molecule has 0 bridgehead atoms. The van der Waals surface area contributed by atoms with Crippen molar-refractivity contribution in [3.8, 4) is 0 Å². The van der Waals surface area contributed by atoms with E-state index in [-0.39, 0.29) is 0 Å². The molecule has 0 aliphatic carbocycles. The lowest BCUT2D eigenvalue weighted by atomic mass is 9.91. The van der Waals surface area contributed by atoms with Gasteiger partial charge in [0.05, 0.1) is 6.26 Å². The summed E-state index contributed by atoms with van der Waals surface area (Å²) in [6.45, 7) is 2.25. The Hall–Kier alpha value is -0.990. The highest BCUT2D eigenvalue weighted by Crippen LogP contribution is 2.30. The van der Waals surface area contributed by atoms with E-state index in [0.29, 0.717) is 5.92 Å². The second kappa shape index (κ2) is 4.71. The van der Waals surface area contributed by atoms with E-state index in [1.54, 1.807) is 6.26 Å². The Labute approximate surface area is 106 Å². The van der Waals surface area contributed by atoms with Crippen LogP contribution in [0.2, 0.25) is 5.02 Å². The van der Waals surface area contributed by atoms with E-state index in [1.807, 2.05) is 18.2 Å². The Balaban J connectivity index is 1.92. The molecule has 0 spiro atoms. The van der Waals surface area contributed by atoms with Crippen LogP contribution in [-0.4, -0.2) is 13.1 Å². The molecule has 2 aromatic rings. The Kier molecular flexibility index (Phi) is 3.08. The molecule has 3 heteroatoms. The highest BCUT2D eigenvalue weighted by Gasteiger charge is 2.17. The Morgan fingerprint density at radius 1 is 1.35 bits per heavy atom. The molecule has 3 rings (SSSR count). The third kappa shape index (κ3) is 2.20. The predicted octanol–water partition coefficient (Wildman–Crippen LogP) is 3.63. The van der Waals surface area contributed by atoms with Crippen molar-refractivity contribution in [2.75, 3.05) is 13.1 Å². The smallest absolute Gasteiger partial charge is 0.134 e. The van der Waals surface area contributed by atoms with E-state index in [2.05, 4.69) is 5.32 Å². The summed E-state index contributed by atoms with van der Waals surface area (Å²) in [5.74, 6) is 0.696. The molecular formula is C14H16ClNO. The van der Waals surface area contributed by atoms with E-state index >= 15 is 0 Å². The lowest BCUT2D eigenvalue weighted by molar-refractivity contribution is 0.377. The summed E-state index contributed by atoms with van der Waals surface area (Å²) in [5, 5.41) is 5.48. The first-order valence-electron chi connectivity index (χ1n) is 6.20. The van der Waals surface area contributed by atoms with Crippen LogP contribution in [0, 0.1) is 5.92 Å². The first kappa shape index (κ1) is 11.1. The Morgan fingerprint density at radius 3 is 3.12 bits per heavy atom. The van der Waals surface area contributed by atoms with Crippen LogP contribution >= 0.6 is 11.6 Å². The van der Waals surface area contributed by atoms with E-state index in [1.165, 1.54) is 23.8 Å². The summed E-state index contributed by atoms with van der Waals surface area (Å²) in [4.78, 5) is 0. The van der Waals surface area contributed by atoms with Crippen LogP contribution in [0.15, 0.2) is 28.9 Å².